The first-order chi connectivity index (χ1) is 18.0. The Kier molecular flexibility index (Phi) is 7.88. The summed E-state index contributed by atoms with van der Waals surface area (Å²) in [7, 11) is 3.78. The minimum absolute atomic E-state index is 0.0848. The summed E-state index contributed by atoms with van der Waals surface area (Å²) in [5.41, 5.74) is 4.83. The Balaban J connectivity index is 1.44. The van der Waals surface area contributed by atoms with Crippen LogP contribution in [0.1, 0.15) is 18.4 Å². The van der Waals surface area contributed by atoms with Gasteiger partial charge in [-0.1, -0.05) is 6.08 Å². The van der Waals surface area contributed by atoms with E-state index in [-0.39, 0.29) is 11.7 Å². The van der Waals surface area contributed by atoms with Crippen molar-refractivity contribution in [1.29, 1.82) is 0 Å². The molecule has 0 bridgehead atoms. The molecule has 2 aromatic rings. The Bertz CT molecular complexity index is 1170. The van der Waals surface area contributed by atoms with Gasteiger partial charge in [-0.2, -0.15) is 0 Å². The fraction of sp³-hybridized carbons (Fsp3) is 0.414. The van der Waals surface area contributed by atoms with E-state index in [1.165, 1.54) is 24.1 Å². The molecule has 0 unspecified atom stereocenters. The highest BCUT2D eigenvalue weighted by atomic mass is 19.1. The zero-order chi connectivity index (χ0) is 25.8. The standard InChI is InChI=1S/C29H35FN4O3/c1-32-13-3-4-26(32)22-7-11-27(21-5-8-23(30)9-6-21)34(19-22)24-10-12-28(36-2)25(18-24)31-29(35)20-33-14-16-37-17-15-33/h5-12,18,26H,3-4,13-17,19-20H2,1-2H3,(H,31,35)/t26-/m0/s1. The molecule has 0 spiro atoms. The van der Waals surface area contributed by atoms with Crippen LogP contribution >= 0.6 is 0 Å². The summed E-state index contributed by atoms with van der Waals surface area (Å²) in [6.45, 7) is 4.90. The van der Waals surface area contributed by atoms with E-state index in [9.17, 15) is 9.18 Å². The predicted molar refractivity (Wildman–Crippen MR) is 144 cm³/mol. The molecule has 1 amide bonds. The molecular formula is C29H35FN4O3. The van der Waals surface area contributed by atoms with Gasteiger partial charge in [0.25, 0.3) is 0 Å². The van der Waals surface area contributed by atoms with Gasteiger partial charge < -0.3 is 19.7 Å². The van der Waals surface area contributed by atoms with Crippen LogP contribution in [-0.2, 0) is 9.53 Å². The zero-order valence-corrected chi connectivity index (χ0v) is 21.6. The molecule has 7 nitrogen and oxygen atoms in total. The number of rotatable bonds is 7. The van der Waals surface area contributed by atoms with Crippen LogP contribution in [0.25, 0.3) is 5.70 Å². The second kappa shape index (κ2) is 11.5. The van der Waals surface area contributed by atoms with E-state index >= 15 is 0 Å². The largest absolute Gasteiger partial charge is 0.495 e. The number of amides is 1. The lowest BCUT2D eigenvalue weighted by atomic mass is 9.97. The van der Waals surface area contributed by atoms with Gasteiger partial charge >= 0.3 is 0 Å². The van der Waals surface area contributed by atoms with Crippen molar-refractivity contribution in [3.05, 3.63) is 71.6 Å². The first-order valence-corrected chi connectivity index (χ1v) is 12.9. The maximum atomic E-state index is 13.7. The number of morpholine rings is 1. The number of nitrogens with zero attached hydrogens (tertiary/aromatic N) is 3. The number of likely N-dealkylation sites (tertiary alicyclic amines) is 1. The van der Waals surface area contributed by atoms with Crippen molar-refractivity contribution >= 4 is 23.0 Å². The molecule has 196 valence electrons. The monoisotopic (exact) mass is 506 g/mol. The molecule has 37 heavy (non-hydrogen) atoms. The summed E-state index contributed by atoms with van der Waals surface area (Å²) in [5, 5.41) is 3.06. The molecule has 8 heteroatoms. The van der Waals surface area contributed by atoms with Crippen LogP contribution < -0.4 is 15.0 Å². The summed E-state index contributed by atoms with van der Waals surface area (Å²) < 4.78 is 24.7. The van der Waals surface area contributed by atoms with E-state index in [1.807, 2.05) is 30.3 Å². The van der Waals surface area contributed by atoms with E-state index in [0.717, 1.165) is 43.0 Å². The fourth-order valence-corrected chi connectivity index (χ4v) is 5.41. The summed E-state index contributed by atoms with van der Waals surface area (Å²) in [4.78, 5) is 19.6. The highest BCUT2D eigenvalue weighted by Crippen LogP contribution is 2.37. The number of anilines is 2. The lowest BCUT2D eigenvalue weighted by Gasteiger charge is -2.35. The summed E-state index contributed by atoms with van der Waals surface area (Å²) in [6.07, 6.45) is 6.67. The van der Waals surface area contributed by atoms with Gasteiger partial charge in [-0.15, -0.1) is 0 Å². The predicted octanol–water partition coefficient (Wildman–Crippen LogP) is 3.99. The fourth-order valence-electron chi connectivity index (χ4n) is 5.41. The van der Waals surface area contributed by atoms with Gasteiger partial charge in [-0.05, 0) is 86.1 Å². The second-order valence-corrected chi connectivity index (χ2v) is 9.85. The Labute approximate surface area is 218 Å². The van der Waals surface area contributed by atoms with Crippen molar-refractivity contribution in [1.82, 2.24) is 9.80 Å². The average molecular weight is 507 g/mol. The van der Waals surface area contributed by atoms with Crippen molar-refractivity contribution in [3.63, 3.8) is 0 Å². The van der Waals surface area contributed by atoms with E-state index in [1.54, 1.807) is 7.11 Å². The Morgan fingerprint density at radius 1 is 1.11 bits per heavy atom. The number of carbonyl (C=O) groups is 1. The summed E-state index contributed by atoms with van der Waals surface area (Å²) >= 11 is 0. The van der Waals surface area contributed by atoms with Gasteiger partial charge in [-0.3, -0.25) is 14.6 Å². The van der Waals surface area contributed by atoms with Crippen LogP contribution in [0.3, 0.4) is 0 Å². The van der Waals surface area contributed by atoms with Crippen molar-refractivity contribution in [3.8, 4) is 5.75 Å². The Hall–Kier alpha value is -3.20. The van der Waals surface area contributed by atoms with E-state index in [2.05, 4.69) is 39.2 Å². The molecule has 3 heterocycles. The molecule has 0 radical (unpaired) electrons. The minimum Gasteiger partial charge on any atom is -0.495 e. The molecule has 1 N–H and O–H groups in total. The highest BCUT2D eigenvalue weighted by Gasteiger charge is 2.29. The molecule has 5 rings (SSSR count). The molecule has 2 fully saturated rings. The molecule has 0 saturated carbocycles. The molecule has 0 aliphatic carbocycles. The average Bonchev–Trinajstić information content (AvgIpc) is 3.35. The molecule has 3 aliphatic rings. The minimum atomic E-state index is -0.259. The normalized spacial score (nSPS) is 20.9. The number of allylic oxidation sites excluding steroid dienone is 2. The van der Waals surface area contributed by atoms with Crippen molar-refractivity contribution in [2.75, 3.05) is 70.3 Å². The Morgan fingerprint density at radius 2 is 1.89 bits per heavy atom. The van der Waals surface area contributed by atoms with Crippen LogP contribution in [0, 0.1) is 5.82 Å². The van der Waals surface area contributed by atoms with Crippen LogP contribution in [-0.4, -0.2) is 81.8 Å². The van der Waals surface area contributed by atoms with E-state index < -0.39 is 0 Å². The van der Waals surface area contributed by atoms with Crippen LogP contribution in [0.2, 0.25) is 0 Å². The quantitative estimate of drug-likeness (QED) is 0.613. The molecule has 0 aromatic heterocycles. The number of hydrogen-bond donors (Lipinski definition) is 1. The number of halogens is 1. The van der Waals surface area contributed by atoms with Gasteiger partial charge in [-0.25, -0.2) is 4.39 Å². The van der Waals surface area contributed by atoms with Crippen LogP contribution in [0.5, 0.6) is 5.75 Å². The smallest absolute Gasteiger partial charge is 0.238 e. The number of methoxy groups -OCH3 is 1. The third-order valence-corrected chi connectivity index (χ3v) is 7.41. The lowest BCUT2D eigenvalue weighted by Crippen LogP contribution is -2.41. The van der Waals surface area contributed by atoms with E-state index in [4.69, 9.17) is 9.47 Å². The molecule has 2 saturated heterocycles. The van der Waals surface area contributed by atoms with Gasteiger partial charge in [0.2, 0.25) is 5.91 Å². The van der Waals surface area contributed by atoms with Gasteiger partial charge in [0.05, 0.1) is 32.6 Å². The highest BCUT2D eigenvalue weighted by molar-refractivity contribution is 5.95. The van der Waals surface area contributed by atoms with Crippen molar-refractivity contribution < 1.29 is 18.7 Å². The number of hydrogen-bond acceptors (Lipinski definition) is 6. The number of likely N-dealkylation sites (N-methyl/N-ethyl adjacent to an activating group) is 1. The summed E-state index contributed by atoms with van der Waals surface area (Å²) in [5.74, 6) is 0.262. The number of nitrogens with one attached hydrogen (secondary N) is 1. The van der Waals surface area contributed by atoms with Gasteiger partial charge in [0, 0.05) is 37.1 Å². The van der Waals surface area contributed by atoms with Crippen LogP contribution in [0.15, 0.2) is 60.2 Å². The second-order valence-electron chi connectivity index (χ2n) is 9.85. The molecular weight excluding hydrogens is 471 g/mol. The molecule has 3 aliphatic heterocycles. The summed E-state index contributed by atoms with van der Waals surface area (Å²) in [6, 6.07) is 12.9. The van der Waals surface area contributed by atoms with E-state index in [0.29, 0.717) is 43.8 Å². The number of ether oxygens (including phenoxy) is 2. The van der Waals surface area contributed by atoms with Crippen LogP contribution in [0.4, 0.5) is 15.8 Å². The Morgan fingerprint density at radius 3 is 2.59 bits per heavy atom. The first kappa shape index (κ1) is 25.4. The van der Waals surface area contributed by atoms with Crippen molar-refractivity contribution in [2.24, 2.45) is 0 Å². The molecule has 1 atom stereocenters. The number of carbonyl (C=O) groups excluding carboxylic acids is 1. The maximum Gasteiger partial charge on any atom is 0.238 e. The molecule has 2 aromatic carbocycles. The number of benzene rings is 2. The third-order valence-electron chi connectivity index (χ3n) is 7.41. The van der Waals surface area contributed by atoms with Crippen molar-refractivity contribution in [2.45, 2.75) is 18.9 Å². The first-order valence-electron chi connectivity index (χ1n) is 12.9. The zero-order valence-electron chi connectivity index (χ0n) is 21.6. The van der Waals surface area contributed by atoms with Gasteiger partial charge in [0.1, 0.15) is 11.6 Å². The SMILES string of the molecule is COc1ccc(N2CC([C@@H]3CCCN3C)=CC=C2c2ccc(F)cc2)cc1NC(=O)CN1CCOCC1. The maximum absolute atomic E-state index is 13.7. The topological polar surface area (TPSA) is 57.3 Å². The van der Waals surface area contributed by atoms with Gasteiger partial charge in [0.15, 0.2) is 0 Å². The lowest BCUT2D eigenvalue weighted by molar-refractivity contribution is -0.118. The third kappa shape index (κ3) is 5.87.